The van der Waals surface area contributed by atoms with Crippen LogP contribution in [0.1, 0.15) is 43.0 Å². The van der Waals surface area contributed by atoms with Gasteiger partial charge in [0.2, 0.25) is 0 Å². The van der Waals surface area contributed by atoms with Crippen LogP contribution in [0.15, 0.2) is 12.3 Å². The van der Waals surface area contributed by atoms with Crippen molar-refractivity contribution >= 4 is 29.1 Å². The molecule has 0 aromatic carbocycles. The fraction of sp³-hybridized carbons (Fsp3) is 0.571. The first kappa shape index (κ1) is 15.5. The Balaban J connectivity index is 1.99. The maximum atomic E-state index is 12.1. The Morgan fingerprint density at radius 3 is 3.05 bits per heavy atom. The molecule has 0 bridgehead atoms. The van der Waals surface area contributed by atoms with Gasteiger partial charge in [0.05, 0.1) is 16.2 Å². The summed E-state index contributed by atoms with van der Waals surface area (Å²) in [5.74, 6) is 0.135. The van der Waals surface area contributed by atoms with Crippen LogP contribution in [0, 0.1) is 5.92 Å². The van der Waals surface area contributed by atoms with Crippen LogP contribution in [0.4, 0.5) is 0 Å². The zero-order chi connectivity index (χ0) is 14.8. The summed E-state index contributed by atoms with van der Waals surface area (Å²) in [6.45, 7) is 2.35. The monoisotopic (exact) mass is 316 g/mol. The summed E-state index contributed by atoms with van der Waals surface area (Å²) in [6.07, 6.45) is 4.87. The van der Waals surface area contributed by atoms with Crippen molar-refractivity contribution in [3.63, 3.8) is 0 Å². The molecule has 1 aliphatic rings. The minimum atomic E-state index is -0.823. The average molecular weight is 317 g/mol. The number of nitrogens with one attached hydrogen (secondary N) is 1. The van der Waals surface area contributed by atoms with E-state index in [4.69, 9.17) is 23.2 Å². The van der Waals surface area contributed by atoms with Gasteiger partial charge in [0.25, 0.3) is 5.91 Å². The summed E-state index contributed by atoms with van der Waals surface area (Å²) in [5.41, 5.74) is -0.546. The predicted octanol–water partition coefficient (Wildman–Crippen LogP) is 3.06. The third-order valence-corrected chi connectivity index (χ3v) is 4.22. The van der Waals surface area contributed by atoms with E-state index in [9.17, 15) is 9.90 Å². The Labute approximate surface area is 128 Å². The van der Waals surface area contributed by atoms with Crippen LogP contribution < -0.4 is 5.32 Å². The normalized spacial score (nSPS) is 26.3. The molecule has 0 aliphatic heterocycles. The summed E-state index contributed by atoms with van der Waals surface area (Å²) in [7, 11) is 0. The largest absolute Gasteiger partial charge is 0.388 e. The lowest BCUT2D eigenvalue weighted by Crippen LogP contribution is -2.45. The molecule has 20 heavy (non-hydrogen) atoms. The Kier molecular flexibility index (Phi) is 4.89. The van der Waals surface area contributed by atoms with Crippen LogP contribution in [0.5, 0.6) is 0 Å². The van der Waals surface area contributed by atoms with Crippen molar-refractivity contribution < 1.29 is 9.90 Å². The molecular weight excluding hydrogens is 299 g/mol. The highest BCUT2D eigenvalue weighted by atomic mass is 35.5. The lowest BCUT2D eigenvalue weighted by Gasteiger charge is -2.35. The van der Waals surface area contributed by atoms with Crippen molar-refractivity contribution in [1.82, 2.24) is 10.3 Å². The lowest BCUT2D eigenvalue weighted by molar-refractivity contribution is -0.0109. The summed E-state index contributed by atoms with van der Waals surface area (Å²) >= 11 is 11.7. The zero-order valence-corrected chi connectivity index (χ0v) is 12.8. The molecule has 4 nitrogen and oxygen atoms in total. The minimum Gasteiger partial charge on any atom is -0.388 e. The number of hydrogen-bond donors (Lipinski definition) is 2. The molecule has 1 aromatic rings. The molecule has 0 saturated heterocycles. The second-order valence-electron chi connectivity index (χ2n) is 5.60. The maximum Gasteiger partial charge on any atom is 0.253 e. The predicted molar refractivity (Wildman–Crippen MR) is 79.2 cm³/mol. The number of hydrogen-bond acceptors (Lipinski definition) is 3. The van der Waals surface area contributed by atoms with E-state index in [1.165, 1.54) is 12.3 Å². The molecule has 2 N–H and O–H groups in total. The highest BCUT2D eigenvalue weighted by molar-refractivity contribution is 6.35. The van der Waals surface area contributed by atoms with E-state index in [2.05, 4.69) is 17.2 Å². The summed E-state index contributed by atoms with van der Waals surface area (Å²) < 4.78 is 0. The van der Waals surface area contributed by atoms with Gasteiger partial charge in [-0.1, -0.05) is 43.0 Å². The van der Waals surface area contributed by atoms with Crippen molar-refractivity contribution in [2.45, 2.75) is 38.2 Å². The van der Waals surface area contributed by atoms with E-state index in [-0.39, 0.29) is 28.2 Å². The molecule has 110 valence electrons. The van der Waals surface area contributed by atoms with Gasteiger partial charge in [0.15, 0.2) is 0 Å². The van der Waals surface area contributed by atoms with Gasteiger partial charge < -0.3 is 10.4 Å². The third kappa shape index (κ3) is 3.84. The van der Waals surface area contributed by atoms with E-state index in [1.807, 2.05) is 0 Å². The number of aliphatic hydroxyl groups is 1. The number of aromatic nitrogens is 1. The van der Waals surface area contributed by atoms with E-state index in [0.717, 1.165) is 12.8 Å². The van der Waals surface area contributed by atoms with Crippen LogP contribution in [-0.4, -0.2) is 28.1 Å². The van der Waals surface area contributed by atoms with Gasteiger partial charge in [0.1, 0.15) is 5.15 Å². The molecule has 2 rings (SSSR count). The molecule has 6 heteroatoms. The van der Waals surface area contributed by atoms with Crippen LogP contribution in [-0.2, 0) is 0 Å². The average Bonchev–Trinajstić information content (AvgIpc) is 2.39. The first-order chi connectivity index (χ1) is 9.39. The number of carbonyl (C=O) groups excluding carboxylic acids is 1. The van der Waals surface area contributed by atoms with Crippen LogP contribution >= 0.6 is 23.2 Å². The van der Waals surface area contributed by atoms with E-state index in [0.29, 0.717) is 18.8 Å². The fourth-order valence-electron chi connectivity index (χ4n) is 2.72. The molecule has 1 aromatic heterocycles. The molecule has 0 spiro atoms. The van der Waals surface area contributed by atoms with Gasteiger partial charge in [-0.15, -0.1) is 0 Å². The summed E-state index contributed by atoms with van der Waals surface area (Å²) in [5, 5.41) is 13.7. The quantitative estimate of drug-likeness (QED) is 0.842. The van der Waals surface area contributed by atoms with Crippen molar-refractivity contribution in [2.75, 3.05) is 6.54 Å². The lowest BCUT2D eigenvalue weighted by atomic mass is 9.79. The SMILES string of the molecule is CC1CCCC(O)(CNC(=O)c2cc(Cl)ncc2Cl)C1. The number of amides is 1. The van der Waals surface area contributed by atoms with Gasteiger partial charge in [-0.3, -0.25) is 4.79 Å². The Bertz CT molecular complexity index is 510. The summed E-state index contributed by atoms with van der Waals surface area (Å²) in [6, 6.07) is 1.42. The van der Waals surface area contributed by atoms with Gasteiger partial charge >= 0.3 is 0 Å². The Morgan fingerprint density at radius 2 is 2.35 bits per heavy atom. The van der Waals surface area contributed by atoms with Crippen LogP contribution in [0.2, 0.25) is 10.2 Å². The van der Waals surface area contributed by atoms with Crippen molar-refractivity contribution in [2.24, 2.45) is 5.92 Å². The molecule has 1 saturated carbocycles. The molecule has 0 radical (unpaired) electrons. The standard InChI is InChI=1S/C14H18Cl2N2O2/c1-9-3-2-4-14(20,6-9)8-18-13(19)10-5-12(16)17-7-11(10)15/h5,7,9,20H,2-4,6,8H2,1H3,(H,18,19). The topological polar surface area (TPSA) is 62.2 Å². The van der Waals surface area contributed by atoms with Gasteiger partial charge in [0, 0.05) is 12.7 Å². The molecule has 1 heterocycles. The molecule has 2 unspecified atom stereocenters. The molecule has 2 atom stereocenters. The fourth-order valence-corrected chi connectivity index (χ4v) is 3.07. The van der Waals surface area contributed by atoms with Gasteiger partial charge in [-0.25, -0.2) is 4.98 Å². The Morgan fingerprint density at radius 1 is 1.60 bits per heavy atom. The van der Waals surface area contributed by atoms with Crippen molar-refractivity contribution in [1.29, 1.82) is 0 Å². The first-order valence-electron chi connectivity index (χ1n) is 6.71. The Hall–Kier alpha value is -0.840. The number of rotatable bonds is 3. The molecule has 1 fully saturated rings. The molecule has 1 aliphatic carbocycles. The van der Waals surface area contributed by atoms with E-state index >= 15 is 0 Å². The number of pyridine rings is 1. The van der Waals surface area contributed by atoms with Crippen molar-refractivity contribution in [3.05, 3.63) is 28.0 Å². The van der Waals surface area contributed by atoms with Gasteiger partial charge in [-0.05, 0) is 24.8 Å². The highest BCUT2D eigenvalue weighted by Gasteiger charge is 2.33. The second-order valence-corrected chi connectivity index (χ2v) is 6.39. The second kappa shape index (κ2) is 6.29. The zero-order valence-electron chi connectivity index (χ0n) is 11.3. The molecular formula is C14H18Cl2N2O2. The maximum absolute atomic E-state index is 12.1. The smallest absolute Gasteiger partial charge is 0.253 e. The number of carbonyl (C=O) groups is 1. The highest BCUT2D eigenvalue weighted by Crippen LogP contribution is 2.31. The van der Waals surface area contributed by atoms with E-state index < -0.39 is 5.60 Å². The number of halogens is 2. The number of nitrogens with zero attached hydrogens (tertiary/aromatic N) is 1. The van der Waals surface area contributed by atoms with Crippen LogP contribution in [0.3, 0.4) is 0 Å². The summed E-state index contributed by atoms with van der Waals surface area (Å²) in [4.78, 5) is 15.9. The first-order valence-corrected chi connectivity index (χ1v) is 7.47. The minimum absolute atomic E-state index is 0.213. The molecule has 1 amide bonds. The third-order valence-electron chi connectivity index (χ3n) is 3.71. The van der Waals surface area contributed by atoms with E-state index in [1.54, 1.807) is 0 Å². The van der Waals surface area contributed by atoms with Crippen molar-refractivity contribution in [3.8, 4) is 0 Å². The van der Waals surface area contributed by atoms with Crippen LogP contribution in [0.25, 0.3) is 0 Å². The van der Waals surface area contributed by atoms with Gasteiger partial charge in [-0.2, -0.15) is 0 Å².